The molecule has 0 spiro atoms. The molecule has 10 heteroatoms. The maximum absolute atomic E-state index is 12.1. The molecule has 0 aliphatic carbocycles. The van der Waals surface area contributed by atoms with Gasteiger partial charge >= 0.3 is 11.9 Å². The third kappa shape index (κ3) is 10.1. The van der Waals surface area contributed by atoms with Gasteiger partial charge in [0.05, 0.1) is 17.2 Å². The predicted molar refractivity (Wildman–Crippen MR) is 138 cm³/mol. The van der Waals surface area contributed by atoms with E-state index in [-0.39, 0.29) is 25.2 Å². The normalized spacial score (nSPS) is 10.4. The highest BCUT2D eigenvalue weighted by atomic mass is 79.9. The number of anilines is 2. The lowest BCUT2D eigenvalue weighted by atomic mass is 10.2. The molecule has 0 fully saturated rings. The first-order chi connectivity index (χ1) is 16.7. The van der Waals surface area contributed by atoms with Gasteiger partial charge in [0.2, 0.25) is 5.91 Å². The molecule has 8 nitrogen and oxygen atoms in total. The second kappa shape index (κ2) is 14.5. The van der Waals surface area contributed by atoms with Gasteiger partial charge in [0.15, 0.2) is 6.61 Å². The standard InChI is InChI=1S/C25H28BrClN2O6/c1-3-4-12-34-25(33)17-8-10-18(11-9-17)28-22(30)6-5-7-24(32)35-15-23(31)29-21-14-20(27)19(26)13-16(21)2/h8-11,13-14H,3-7,12,15H2,1-2H3,(H,28,30)(H,29,31). The van der Waals surface area contributed by atoms with Crippen molar-refractivity contribution in [3.8, 4) is 0 Å². The van der Waals surface area contributed by atoms with E-state index in [2.05, 4.69) is 26.6 Å². The van der Waals surface area contributed by atoms with Gasteiger partial charge < -0.3 is 20.1 Å². The summed E-state index contributed by atoms with van der Waals surface area (Å²) >= 11 is 9.34. The molecule has 0 bridgehead atoms. The van der Waals surface area contributed by atoms with E-state index in [1.807, 2.05) is 13.8 Å². The van der Waals surface area contributed by atoms with E-state index in [1.165, 1.54) is 0 Å². The van der Waals surface area contributed by atoms with E-state index in [9.17, 15) is 19.2 Å². The molecule has 2 aromatic carbocycles. The highest BCUT2D eigenvalue weighted by Crippen LogP contribution is 2.28. The van der Waals surface area contributed by atoms with Gasteiger partial charge in [-0.3, -0.25) is 14.4 Å². The average Bonchev–Trinajstić information content (AvgIpc) is 2.81. The summed E-state index contributed by atoms with van der Waals surface area (Å²) < 4.78 is 10.8. The van der Waals surface area contributed by atoms with Gasteiger partial charge in [-0.1, -0.05) is 24.9 Å². The molecule has 2 amide bonds. The lowest BCUT2D eigenvalue weighted by Gasteiger charge is -2.10. The number of ether oxygens (including phenoxy) is 2. The Morgan fingerprint density at radius 2 is 1.66 bits per heavy atom. The molecule has 0 saturated heterocycles. The molecule has 0 heterocycles. The first kappa shape index (κ1) is 28.3. The van der Waals surface area contributed by atoms with Crippen molar-refractivity contribution in [2.24, 2.45) is 0 Å². The van der Waals surface area contributed by atoms with E-state index in [1.54, 1.807) is 36.4 Å². The van der Waals surface area contributed by atoms with Crippen LogP contribution >= 0.6 is 27.5 Å². The topological polar surface area (TPSA) is 111 Å². The molecule has 2 N–H and O–H groups in total. The Hall–Kier alpha value is -2.91. The number of aryl methyl sites for hydroxylation is 1. The summed E-state index contributed by atoms with van der Waals surface area (Å²) in [5.74, 6) is -1.75. The number of hydrogen-bond donors (Lipinski definition) is 2. The van der Waals surface area contributed by atoms with E-state index in [0.29, 0.717) is 33.0 Å². The van der Waals surface area contributed by atoms with E-state index >= 15 is 0 Å². The molecule has 0 aromatic heterocycles. The smallest absolute Gasteiger partial charge is 0.338 e. The third-order valence-electron chi connectivity index (χ3n) is 4.83. The third-order valence-corrected chi connectivity index (χ3v) is 6.02. The van der Waals surface area contributed by atoms with Gasteiger partial charge in [-0.25, -0.2) is 4.79 Å². The van der Waals surface area contributed by atoms with Crippen LogP contribution in [0.5, 0.6) is 0 Å². The number of carbonyl (C=O) groups excluding carboxylic acids is 4. The lowest BCUT2D eigenvalue weighted by Crippen LogP contribution is -2.21. The highest BCUT2D eigenvalue weighted by Gasteiger charge is 2.12. The Balaban J connectivity index is 1.67. The largest absolute Gasteiger partial charge is 0.462 e. The van der Waals surface area contributed by atoms with E-state index < -0.39 is 24.5 Å². The molecular formula is C25H28BrClN2O6. The minimum atomic E-state index is -0.579. The van der Waals surface area contributed by atoms with E-state index in [0.717, 1.165) is 18.4 Å². The maximum Gasteiger partial charge on any atom is 0.338 e. The fraction of sp³-hybridized carbons (Fsp3) is 0.360. The number of benzene rings is 2. The summed E-state index contributed by atoms with van der Waals surface area (Å²) in [6.07, 6.45) is 2.09. The SMILES string of the molecule is CCCCOC(=O)c1ccc(NC(=O)CCCC(=O)OCC(=O)Nc2cc(Cl)c(Br)cc2C)cc1. The van der Waals surface area contributed by atoms with Crippen molar-refractivity contribution in [3.05, 3.63) is 57.0 Å². The Labute approximate surface area is 217 Å². The van der Waals surface area contributed by atoms with E-state index in [4.69, 9.17) is 21.1 Å². The molecule has 2 rings (SSSR count). The Bertz CT molecular complexity index is 1060. The Morgan fingerprint density at radius 3 is 2.34 bits per heavy atom. The zero-order chi connectivity index (χ0) is 25.8. The molecule has 2 aromatic rings. The van der Waals surface area contributed by atoms with Crippen molar-refractivity contribution in [3.63, 3.8) is 0 Å². The molecule has 0 aliphatic rings. The van der Waals surface area contributed by atoms with Crippen molar-refractivity contribution in [1.82, 2.24) is 0 Å². The van der Waals surface area contributed by atoms with Crippen LogP contribution in [0.3, 0.4) is 0 Å². The maximum atomic E-state index is 12.1. The van der Waals surface area contributed by atoms with Crippen molar-refractivity contribution in [2.75, 3.05) is 23.8 Å². The number of halogens is 2. The van der Waals surface area contributed by atoms with Gasteiger partial charge in [0.1, 0.15) is 0 Å². The number of amides is 2. The first-order valence-corrected chi connectivity index (χ1v) is 12.3. The minimum Gasteiger partial charge on any atom is -0.462 e. The van der Waals surface area contributed by atoms with Crippen LogP contribution in [0.2, 0.25) is 5.02 Å². The summed E-state index contributed by atoms with van der Waals surface area (Å²) in [5.41, 5.74) is 2.26. The number of esters is 2. The highest BCUT2D eigenvalue weighted by molar-refractivity contribution is 9.10. The van der Waals surface area contributed by atoms with Crippen LogP contribution in [0, 0.1) is 6.92 Å². The number of unbranched alkanes of at least 4 members (excludes halogenated alkanes) is 1. The molecule has 0 radical (unpaired) electrons. The van der Waals surface area contributed by atoms with Crippen LogP contribution < -0.4 is 10.6 Å². The van der Waals surface area contributed by atoms with Crippen LogP contribution in [0.1, 0.15) is 54.9 Å². The Kier molecular flexibility index (Phi) is 11.7. The minimum absolute atomic E-state index is 0.00756. The molecule has 0 aliphatic heterocycles. The van der Waals surface area contributed by atoms with Crippen LogP contribution in [-0.2, 0) is 23.9 Å². The average molecular weight is 568 g/mol. The van der Waals surface area contributed by atoms with Crippen molar-refractivity contribution in [2.45, 2.75) is 46.0 Å². The van der Waals surface area contributed by atoms with Gasteiger partial charge in [0, 0.05) is 28.7 Å². The van der Waals surface area contributed by atoms with Crippen LogP contribution in [0.15, 0.2) is 40.9 Å². The molecule has 0 unspecified atom stereocenters. The van der Waals surface area contributed by atoms with Gasteiger partial charge in [-0.15, -0.1) is 0 Å². The summed E-state index contributed by atoms with van der Waals surface area (Å²) in [6.45, 7) is 3.76. The number of carbonyl (C=O) groups is 4. The molecule has 0 saturated carbocycles. The van der Waals surface area contributed by atoms with Crippen LogP contribution in [0.25, 0.3) is 0 Å². The van der Waals surface area contributed by atoms with Crippen LogP contribution in [-0.4, -0.2) is 37.0 Å². The molecular weight excluding hydrogens is 540 g/mol. The predicted octanol–water partition coefficient (Wildman–Crippen LogP) is 5.66. The molecule has 188 valence electrons. The summed E-state index contributed by atoms with van der Waals surface area (Å²) in [6, 6.07) is 9.76. The second-order valence-corrected chi connectivity index (χ2v) is 9.02. The number of nitrogens with one attached hydrogen (secondary N) is 2. The number of rotatable bonds is 12. The zero-order valence-electron chi connectivity index (χ0n) is 19.6. The number of hydrogen-bond acceptors (Lipinski definition) is 6. The zero-order valence-corrected chi connectivity index (χ0v) is 22.0. The summed E-state index contributed by atoms with van der Waals surface area (Å²) in [5, 5.41) is 5.79. The lowest BCUT2D eigenvalue weighted by molar-refractivity contribution is -0.147. The Morgan fingerprint density at radius 1 is 0.943 bits per heavy atom. The fourth-order valence-corrected chi connectivity index (χ4v) is 3.51. The monoisotopic (exact) mass is 566 g/mol. The summed E-state index contributed by atoms with van der Waals surface area (Å²) in [7, 11) is 0. The van der Waals surface area contributed by atoms with Crippen molar-refractivity contribution < 1.29 is 28.7 Å². The fourth-order valence-electron chi connectivity index (χ4n) is 2.88. The second-order valence-electron chi connectivity index (χ2n) is 7.76. The van der Waals surface area contributed by atoms with Crippen molar-refractivity contribution in [1.29, 1.82) is 0 Å². The molecule has 0 atom stereocenters. The van der Waals surface area contributed by atoms with Gasteiger partial charge in [-0.05, 0) is 77.7 Å². The van der Waals surface area contributed by atoms with Gasteiger partial charge in [-0.2, -0.15) is 0 Å². The quantitative estimate of drug-likeness (QED) is 0.253. The first-order valence-electron chi connectivity index (χ1n) is 11.2. The van der Waals surface area contributed by atoms with Gasteiger partial charge in [0.25, 0.3) is 5.91 Å². The summed E-state index contributed by atoms with van der Waals surface area (Å²) in [4.78, 5) is 47.9. The van der Waals surface area contributed by atoms with Crippen LogP contribution in [0.4, 0.5) is 11.4 Å². The van der Waals surface area contributed by atoms with Crippen molar-refractivity contribution >= 4 is 62.7 Å². The molecule has 35 heavy (non-hydrogen) atoms.